The lowest BCUT2D eigenvalue weighted by Gasteiger charge is -2.54. The Bertz CT molecular complexity index is 1610. The quantitative estimate of drug-likeness (QED) is 0.253. The van der Waals surface area contributed by atoms with Gasteiger partial charge in [-0.1, -0.05) is 18.2 Å². The van der Waals surface area contributed by atoms with Crippen molar-refractivity contribution >= 4 is 28.3 Å². The highest BCUT2D eigenvalue weighted by atomic mass is 16.8. The molecule has 1 saturated heterocycles. The Morgan fingerprint density at radius 3 is 2.88 bits per heavy atom. The molecule has 2 aromatic heterocycles. The van der Waals surface area contributed by atoms with Crippen molar-refractivity contribution < 1.29 is 10.0 Å². The van der Waals surface area contributed by atoms with Crippen molar-refractivity contribution in [1.29, 1.82) is 0 Å². The van der Waals surface area contributed by atoms with Crippen molar-refractivity contribution in [1.82, 2.24) is 19.9 Å². The molecule has 3 aliphatic heterocycles. The normalized spacial score (nSPS) is 22.8. The van der Waals surface area contributed by atoms with Gasteiger partial charge in [0.2, 0.25) is 5.91 Å². The first kappa shape index (κ1) is 24.9. The van der Waals surface area contributed by atoms with E-state index in [1.165, 1.54) is 0 Å². The zero-order chi connectivity index (χ0) is 27.4. The lowest BCUT2D eigenvalue weighted by molar-refractivity contribution is -0.126. The van der Waals surface area contributed by atoms with E-state index in [2.05, 4.69) is 20.2 Å². The van der Waals surface area contributed by atoms with Crippen molar-refractivity contribution in [2.45, 2.75) is 44.2 Å². The molecule has 0 aliphatic carbocycles. The third kappa shape index (κ3) is 4.24. The monoisotopic (exact) mass is 539 g/mol. The molecule has 0 saturated carbocycles. The first-order valence-corrected chi connectivity index (χ1v) is 13.9. The molecule has 40 heavy (non-hydrogen) atoms. The predicted octanol–water partition coefficient (Wildman–Crippen LogP) is 3.33. The Balaban J connectivity index is 1.13. The van der Waals surface area contributed by atoms with Crippen molar-refractivity contribution in [3.8, 4) is 0 Å². The molecule has 2 aromatic carbocycles. The van der Waals surface area contributed by atoms with Crippen LogP contribution in [0.3, 0.4) is 0 Å². The number of pyridine rings is 1. The molecule has 2 bridgehead atoms. The Morgan fingerprint density at radius 2 is 2.02 bits per heavy atom. The number of nitrogens with zero attached hydrogens (tertiary/aromatic N) is 4. The number of rotatable bonds is 6. The Kier molecular flexibility index (Phi) is 6.09. The van der Waals surface area contributed by atoms with Crippen LogP contribution in [0, 0.1) is 17.0 Å². The summed E-state index contributed by atoms with van der Waals surface area (Å²) in [6.07, 6.45) is 2.86. The number of para-hydroxylation sites is 2. The van der Waals surface area contributed by atoms with Crippen LogP contribution in [0.4, 0.5) is 11.4 Å². The number of hydrogen-bond acceptors (Lipinski definition) is 7. The van der Waals surface area contributed by atoms with Crippen LogP contribution in [0.25, 0.3) is 11.0 Å². The van der Waals surface area contributed by atoms with E-state index >= 15 is 0 Å². The molecular weight excluding hydrogens is 508 g/mol. The van der Waals surface area contributed by atoms with Gasteiger partial charge < -0.3 is 30.2 Å². The van der Waals surface area contributed by atoms with E-state index in [1.54, 1.807) is 18.2 Å². The summed E-state index contributed by atoms with van der Waals surface area (Å²) < 4.78 is 1.89. The molecule has 1 amide bonds. The number of fused-ring (bicyclic) bond motifs is 9. The van der Waals surface area contributed by atoms with Crippen LogP contribution in [0.1, 0.15) is 35.8 Å². The summed E-state index contributed by atoms with van der Waals surface area (Å²) in [5, 5.41) is 24.2. The molecule has 3 aliphatic rings. The average Bonchev–Trinajstić information content (AvgIpc) is 3.38. The van der Waals surface area contributed by atoms with Gasteiger partial charge in [0.15, 0.2) is 0 Å². The predicted molar refractivity (Wildman–Crippen MR) is 151 cm³/mol. The molecule has 4 atom stereocenters. The van der Waals surface area contributed by atoms with Crippen LogP contribution >= 0.6 is 0 Å². The maximum atomic E-state index is 13.8. The van der Waals surface area contributed by atoms with Gasteiger partial charge in [-0.25, -0.2) is 4.98 Å². The summed E-state index contributed by atoms with van der Waals surface area (Å²) >= 11 is 0. The topological polar surface area (TPSA) is 130 Å². The molecule has 10 nitrogen and oxygen atoms in total. The van der Waals surface area contributed by atoms with Gasteiger partial charge in [0.05, 0.1) is 22.6 Å². The summed E-state index contributed by atoms with van der Waals surface area (Å²) in [4.78, 5) is 36.8. The summed E-state index contributed by atoms with van der Waals surface area (Å²) in [5.41, 5.74) is 5.00. The number of carbonyl (C=O) groups excluding carboxylic acids is 1. The van der Waals surface area contributed by atoms with E-state index in [0.29, 0.717) is 26.1 Å². The van der Waals surface area contributed by atoms with Gasteiger partial charge in [-0.05, 0) is 67.1 Å². The largest absolute Gasteiger partial charge is 0.733 e. The lowest BCUT2D eigenvalue weighted by atomic mass is 9.70. The van der Waals surface area contributed by atoms with E-state index in [1.807, 2.05) is 47.0 Å². The van der Waals surface area contributed by atoms with Crippen LogP contribution in [0.5, 0.6) is 0 Å². The number of amides is 1. The fourth-order valence-corrected chi connectivity index (χ4v) is 7.18. The number of anilines is 2. The van der Waals surface area contributed by atoms with Crippen molar-refractivity contribution in [3.63, 3.8) is 0 Å². The number of piperidine rings is 1. The number of H-pyrrole nitrogens is 1. The third-order valence-corrected chi connectivity index (χ3v) is 8.88. The van der Waals surface area contributed by atoms with Gasteiger partial charge in [-0.15, -0.1) is 0 Å². The fraction of sp³-hybridized carbons (Fsp3) is 0.367. The van der Waals surface area contributed by atoms with Gasteiger partial charge >= 0.3 is 0 Å². The second kappa shape index (κ2) is 9.79. The summed E-state index contributed by atoms with van der Waals surface area (Å²) in [6.45, 7) is 1.79. The first-order valence-electron chi connectivity index (χ1n) is 13.9. The SMILES string of the molecule is O=C(NCCCc1nc2ccccc2[nH]1)C1Cc2cc(N([O-])O)ccc2N2CC3CC(Cn4c3cccc4=O)C12. The Hall–Kier alpha value is -4.15. The molecular formula is C30H31N6O4-. The number of benzene rings is 2. The van der Waals surface area contributed by atoms with Crippen molar-refractivity contribution in [2.75, 3.05) is 23.2 Å². The minimum absolute atomic E-state index is 0.00609. The zero-order valence-corrected chi connectivity index (χ0v) is 22.0. The number of aromatic amines is 1. The van der Waals surface area contributed by atoms with Crippen LogP contribution in [-0.4, -0.2) is 44.8 Å². The summed E-state index contributed by atoms with van der Waals surface area (Å²) in [5.74, 6) is 0.842. The second-order valence-corrected chi connectivity index (χ2v) is 11.2. The molecule has 206 valence electrons. The van der Waals surface area contributed by atoms with Gasteiger partial charge in [0.1, 0.15) is 5.82 Å². The van der Waals surface area contributed by atoms with Crippen LogP contribution < -0.4 is 21.0 Å². The smallest absolute Gasteiger partial charge is 0.250 e. The highest BCUT2D eigenvalue weighted by molar-refractivity contribution is 5.82. The van der Waals surface area contributed by atoms with E-state index in [-0.39, 0.29) is 46.2 Å². The molecule has 10 heteroatoms. The van der Waals surface area contributed by atoms with Crippen molar-refractivity contribution in [3.05, 3.63) is 93.3 Å². The van der Waals surface area contributed by atoms with Crippen LogP contribution in [-0.2, 0) is 24.2 Å². The molecule has 4 unspecified atom stereocenters. The number of hydrogen-bond donors (Lipinski definition) is 3. The number of aromatic nitrogens is 3. The highest BCUT2D eigenvalue weighted by Crippen LogP contribution is 2.47. The van der Waals surface area contributed by atoms with Gasteiger partial charge in [0.25, 0.3) is 5.56 Å². The zero-order valence-electron chi connectivity index (χ0n) is 22.0. The molecule has 4 aromatic rings. The van der Waals surface area contributed by atoms with E-state index < -0.39 is 0 Å². The molecule has 3 N–H and O–H groups in total. The number of aryl methyl sites for hydroxylation is 1. The summed E-state index contributed by atoms with van der Waals surface area (Å²) in [7, 11) is 0. The van der Waals surface area contributed by atoms with Crippen LogP contribution in [0.15, 0.2) is 65.5 Å². The maximum Gasteiger partial charge on any atom is 0.250 e. The lowest BCUT2D eigenvalue weighted by Crippen LogP contribution is -2.61. The fourth-order valence-electron chi connectivity index (χ4n) is 7.18. The highest BCUT2D eigenvalue weighted by Gasteiger charge is 2.49. The summed E-state index contributed by atoms with van der Waals surface area (Å²) in [6, 6.07) is 18.5. The molecule has 0 spiro atoms. The van der Waals surface area contributed by atoms with Crippen LogP contribution in [0.2, 0.25) is 0 Å². The number of nitrogens with one attached hydrogen (secondary N) is 2. The average molecular weight is 540 g/mol. The number of carbonyl (C=O) groups is 1. The molecule has 0 radical (unpaired) electrons. The second-order valence-electron chi connectivity index (χ2n) is 11.2. The van der Waals surface area contributed by atoms with E-state index in [4.69, 9.17) is 0 Å². The van der Waals surface area contributed by atoms with E-state index in [9.17, 15) is 20.0 Å². The molecule has 5 heterocycles. The van der Waals surface area contributed by atoms with Gasteiger partial charge in [-0.2, -0.15) is 0 Å². The molecule has 1 fully saturated rings. The first-order chi connectivity index (χ1) is 19.5. The Labute approximate surface area is 230 Å². The van der Waals surface area contributed by atoms with Gasteiger partial charge in [0, 0.05) is 55.5 Å². The van der Waals surface area contributed by atoms with Gasteiger partial charge in [-0.3, -0.25) is 14.8 Å². The number of imidazole rings is 1. The van der Waals surface area contributed by atoms with Crippen molar-refractivity contribution in [2.24, 2.45) is 11.8 Å². The molecule has 7 rings (SSSR count). The third-order valence-electron chi connectivity index (χ3n) is 8.88. The van der Waals surface area contributed by atoms with E-state index in [0.717, 1.165) is 53.1 Å². The Morgan fingerprint density at radius 1 is 1.15 bits per heavy atom. The maximum absolute atomic E-state index is 13.8. The minimum atomic E-state index is -0.348. The standard InChI is InChI=1S/C30H31N6O4/c37-28-9-3-7-25-19-13-20(17-34(25)28)29-22(15-18-14-21(36(39)40)10-11-26(18)35(29)16-19)30(38)31-12-4-8-27-32-23-5-1-2-6-24(23)33-27/h1-3,5-7,9-11,14,19-20,22,29,39H,4,8,12-13,15-17H2,(H,31,38)(H,32,33)/q-1. The minimum Gasteiger partial charge on any atom is -0.733 e.